The summed E-state index contributed by atoms with van der Waals surface area (Å²) < 4.78 is 0. The van der Waals surface area contributed by atoms with Gasteiger partial charge in [0.25, 0.3) is 0 Å². The predicted octanol–water partition coefficient (Wildman–Crippen LogP) is 2.43. The summed E-state index contributed by atoms with van der Waals surface area (Å²) in [6.07, 6.45) is 4.12. The highest BCUT2D eigenvalue weighted by atomic mass is 15.3. The van der Waals surface area contributed by atoms with E-state index < -0.39 is 0 Å². The Balaban J connectivity index is 1.80. The Bertz CT molecular complexity index is 289. The molecule has 3 unspecified atom stereocenters. The van der Waals surface area contributed by atoms with E-state index in [9.17, 15) is 0 Å². The molecule has 0 spiro atoms. The van der Waals surface area contributed by atoms with Gasteiger partial charge in [-0.1, -0.05) is 20.8 Å². The molecule has 2 saturated heterocycles. The largest absolute Gasteiger partial charge is 0.313 e. The minimum atomic E-state index is 0.399. The average molecular weight is 281 g/mol. The van der Waals surface area contributed by atoms with E-state index in [4.69, 9.17) is 0 Å². The van der Waals surface area contributed by atoms with Crippen molar-refractivity contribution in [1.29, 1.82) is 0 Å². The fourth-order valence-corrected chi connectivity index (χ4v) is 3.76. The highest BCUT2D eigenvalue weighted by Gasteiger charge is 2.31. The molecule has 0 bridgehead atoms. The molecule has 2 heterocycles. The van der Waals surface area contributed by atoms with E-state index in [-0.39, 0.29) is 0 Å². The lowest BCUT2D eigenvalue weighted by molar-refractivity contribution is 0.0926. The summed E-state index contributed by atoms with van der Waals surface area (Å²) in [6.45, 7) is 15.8. The van der Waals surface area contributed by atoms with Crippen molar-refractivity contribution in [3.63, 3.8) is 0 Å². The van der Waals surface area contributed by atoms with Crippen molar-refractivity contribution < 1.29 is 0 Å². The van der Waals surface area contributed by atoms with Crippen LogP contribution in [-0.2, 0) is 0 Å². The minimum Gasteiger partial charge on any atom is -0.313 e. The van der Waals surface area contributed by atoms with Crippen molar-refractivity contribution in [2.24, 2.45) is 11.3 Å². The summed E-state index contributed by atoms with van der Waals surface area (Å²) in [5, 5.41) is 3.73. The number of piperidine rings is 1. The fraction of sp³-hybridized carbons (Fsp3) is 1.00. The topological polar surface area (TPSA) is 18.5 Å². The number of rotatable bonds is 3. The van der Waals surface area contributed by atoms with E-state index >= 15 is 0 Å². The molecule has 1 N–H and O–H groups in total. The second-order valence-corrected chi connectivity index (χ2v) is 8.19. The van der Waals surface area contributed by atoms with Crippen LogP contribution in [0.1, 0.15) is 47.0 Å². The van der Waals surface area contributed by atoms with E-state index in [2.05, 4.69) is 49.9 Å². The predicted molar refractivity (Wildman–Crippen MR) is 87.1 cm³/mol. The smallest absolute Gasteiger partial charge is 0.0118 e. The van der Waals surface area contributed by atoms with Crippen molar-refractivity contribution >= 4 is 0 Å². The monoisotopic (exact) mass is 281 g/mol. The van der Waals surface area contributed by atoms with E-state index in [0.29, 0.717) is 11.5 Å². The maximum absolute atomic E-state index is 3.73. The Kier molecular flexibility index (Phi) is 5.49. The zero-order valence-corrected chi connectivity index (χ0v) is 14.3. The number of hydrogen-bond donors (Lipinski definition) is 1. The molecule has 3 heteroatoms. The van der Waals surface area contributed by atoms with Crippen molar-refractivity contribution in [3.05, 3.63) is 0 Å². The van der Waals surface area contributed by atoms with Crippen LogP contribution in [0.2, 0.25) is 0 Å². The van der Waals surface area contributed by atoms with Crippen LogP contribution in [0.25, 0.3) is 0 Å². The third-order valence-corrected chi connectivity index (χ3v) is 5.39. The molecule has 3 atom stereocenters. The number of nitrogens with one attached hydrogen (secondary N) is 1. The minimum absolute atomic E-state index is 0.399. The van der Waals surface area contributed by atoms with Gasteiger partial charge in [-0.25, -0.2) is 0 Å². The summed E-state index contributed by atoms with van der Waals surface area (Å²) in [5.41, 5.74) is 0.399. The molecule has 2 aliphatic rings. The van der Waals surface area contributed by atoms with Crippen LogP contribution in [0.3, 0.4) is 0 Å². The van der Waals surface area contributed by atoms with Crippen molar-refractivity contribution in [3.8, 4) is 0 Å². The molecular weight excluding hydrogens is 246 g/mol. The summed E-state index contributed by atoms with van der Waals surface area (Å²) >= 11 is 0. The Hall–Kier alpha value is -0.120. The Morgan fingerprint density at radius 1 is 1.15 bits per heavy atom. The second kappa shape index (κ2) is 6.76. The molecule has 0 aromatic carbocycles. The highest BCUT2D eigenvalue weighted by molar-refractivity contribution is 4.88. The molecule has 118 valence electrons. The van der Waals surface area contributed by atoms with Crippen LogP contribution in [0.4, 0.5) is 0 Å². The normalized spacial score (nSPS) is 32.2. The lowest BCUT2D eigenvalue weighted by atomic mass is 9.76. The first-order valence-electron chi connectivity index (χ1n) is 8.52. The lowest BCUT2D eigenvalue weighted by Crippen LogP contribution is -2.50. The molecule has 2 aliphatic heterocycles. The summed E-state index contributed by atoms with van der Waals surface area (Å²) in [6, 6.07) is 1.45. The zero-order chi connectivity index (χ0) is 14.8. The van der Waals surface area contributed by atoms with Gasteiger partial charge in [-0.15, -0.1) is 0 Å². The number of piperazine rings is 1. The average Bonchev–Trinajstić information content (AvgIpc) is 2.38. The maximum atomic E-state index is 3.73. The maximum Gasteiger partial charge on any atom is 0.0118 e. The SMILES string of the molecule is CC(CC1CCNC(C(C)(C)C)C1)N1CCN(C)CC1. The van der Waals surface area contributed by atoms with E-state index in [0.717, 1.165) is 12.0 Å². The highest BCUT2D eigenvalue weighted by Crippen LogP contribution is 2.31. The van der Waals surface area contributed by atoms with E-state index in [1.165, 1.54) is 52.0 Å². The third-order valence-electron chi connectivity index (χ3n) is 5.39. The molecule has 0 amide bonds. The van der Waals surface area contributed by atoms with Gasteiger partial charge in [-0.2, -0.15) is 0 Å². The Morgan fingerprint density at radius 2 is 1.80 bits per heavy atom. The van der Waals surface area contributed by atoms with Crippen LogP contribution in [-0.4, -0.2) is 61.7 Å². The second-order valence-electron chi connectivity index (χ2n) is 8.19. The molecule has 2 fully saturated rings. The van der Waals surface area contributed by atoms with Crippen molar-refractivity contribution in [1.82, 2.24) is 15.1 Å². The van der Waals surface area contributed by atoms with E-state index in [1.54, 1.807) is 0 Å². The number of likely N-dealkylation sites (N-methyl/N-ethyl adjacent to an activating group) is 1. The van der Waals surface area contributed by atoms with E-state index in [1.807, 2.05) is 0 Å². The molecule has 0 aliphatic carbocycles. The fourth-order valence-electron chi connectivity index (χ4n) is 3.76. The van der Waals surface area contributed by atoms with Gasteiger partial charge in [0.2, 0.25) is 0 Å². The molecule has 0 aromatic rings. The molecule has 2 rings (SSSR count). The molecule has 0 saturated carbocycles. The van der Waals surface area contributed by atoms with Gasteiger partial charge in [0.1, 0.15) is 0 Å². The summed E-state index contributed by atoms with van der Waals surface area (Å²) in [5.74, 6) is 0.912. The number of nitrogens with zero attached hydrogens (tertiary/aromatic N) is 2. The first-order chi connectivity index (χ1) is 9.36. The number of hydrogen-bond acceptors (Lipinski definition) is 3. The van der Waals surface area contributed by atoms with Crippen LogP contribution in [0.5, 0.6) is 0 Å². The zero-order valence-electron chi connectivity index (χ0n) is 14.3. The first-order valence-corrected chi connectivity index (χ1v) is 8.52. The molecule has 3 nitrogen and oxygen atoms in total. The van der Waals surface area contributed by atoms with Crippen LogP contribution in [0, 0.1) is 11.3 Å². The molecular formula is C17H35N3. The summed E-state index contributed by atoms with van der Waals surface area (Å²) in [7, 11) is 2.24. The Morgan fingerprint density at radius 3 is 2.40 bits per heavy atom. The van der Waals surface area contributed by atoms with Crippen molar-refractivity contribution in [2.75, 3.05) is 39.8 Å². The molecule has 0 radical (unpaired) electrons. The van der Waals surface area contributed by atoms with Crippen LogP contribution < -0.4 is 5.32 Å². The van der Waals surface area contributed by atoms with Crippen LogP contribution >= 0.6 is 0 Å². The van der Waals surface area contributed by atoms with Gasteiger partial charge in [0.15, 0.2) is 0 Å². The van der Waals surface area contributed by atoms with Crippen LogP contribution in [0.15, 0.2) is 0 Å². The summed E-state index contributed by atoms with van der Waals surface area (Å²) in [4.78, 5) is 5.15. The quantitative estimate of drug-likeness (QED) is 0.857. The van der Waals surface area contributed by atoms with Gasteiger partial charge in [-0.3, -0.25) is 4.90 Å². The van der Waals surface area contributed by atoms with Gasteiger partial charge in [-0.05, 0) is 51.1 Å². The molecule has 20 heavy (non-hydrogen) atoms. The standard InChI is InChI=1S/C17H35N3/c1-14(20-10-8-19(5)9-11-20)12-15-6-7-18-16(13-15)17(2,3)4/h14-16,18H,6-13H2,1-5H3. The van der Waals surface area contributed by atoms with Crippen molar-refractivity contribution in [2.45, 2.75) is 59.0 Å². The van der Waals surface area contributed by atoms with Gasteiger partial charge in [0, 0.05) is 38.3 Å². The first kappa shape index (κ1) is 16.3. The third kappa shape index (κ3) is 4.44. The van der Waals surface area contributed by atoms with Gasteiger partial charge < -0.3 is 10.2 Å². The van der Waals surface area contributed by atoms with Gasteiger partial charge in [0.05, 0.1) is 0 Å². The Labute approximate surface area is 126 Å². The van der Waals surface area contributed by atoms with Gasteiger partial charge >= 0.3 is 0 Å². The lowest BCUT2D eigenvalue weighted by Gasteiger charge is -2.42. The molecule has 0 aromatic heterocycles.